The van der Waals surface area contributed by atoms with Crippen molar-refractivity contribution in [2.45, 2.75) is 6.23 Å². The van der Waals surface area contributed by atoms with Crippen LogP contribution < -0.4 is 5.32 Å². The molecule has 3 N–H and O–H groups in total. The zero-order chi connectivity index (χ0) is 10.6. The minimum atomic E-state index is -1.87. The fourth-order valence-corrected chi connectivity index (χ4v) is 0.859. The maximum absolute atomic E-state index is 11.2. The molecule has 15 heavy (non-hydrogen) atoms. The number of hydrogen-bond acceptors (Lipinski definition) is 3. The van der Waals surface area contributed by atoms with Gasteiger partial charge in [-0.1, -0.05) is 18.2 Å². The van der Waals surface area contributed by atoms with Gasteiger partial charge in [-0.05, 0) is 12.1 Å². The van der Waals surface area contributed by atoms with Crippen LogP contribution in [0, 0.1) is 0 Å². The number of aliphatic hydroxyl groups is 1. The Morgan fingerprint density at radius 2 is 1.73 bits per heavy atom. The van der Waals surface area contributed by atoms with Crippen LogP contribution in [0.3, 0.4) is 0 Å². The minimum Gasteiger partial charge on any atom is -0.478 e. The van der Waals surface area contributed by atoms with Crippen LogP contribution in [0.2, 0.25) is 0 Å². The van der Waals surface area contributed by atoms with Crippen molar-refractivity contribution in [2.75, 3.05) is 0 Å². The van der Waals surface area contributed by atoms with Crippen molar-refractivity contribution in [3.63, 3.8) is 0 Å². The number of nitrogens with one attached hydrogen (secondary N) is 1. The number of carbonyl (C=O) groups excluding carboxylic acids is 1. The molecule has 1 unspecified atom stereocenters. The molecule has 0 saturated carbocycles. The number of amides is 1. The molecule has 0 aliphatic rings. The Hall–Kier alpha value is -1.23. The van der Waals surface area contributed by atoms with E-state index < -0.39 is 18.1 Å². The van der Waals surface area contributed by atoms with Crippen LogP contribution in [-0.2, 0) is 24.9 Å². The summed E-state index contributed by atoms with van der Waals surface area (Å²) in [6, 6.07) is 8.04. The average Bonchev–Trinajstić information content (AvgIpc) is 2.19. The average molecular weight is 294 g/mol. The van der Waals surface area contributed by atoms with E-state index in [1.165, 1.54) is 12.1 Å². The van der Waals surface area contributed by atoms with E-state index >= 15 is 0 Å². The Kier molecular flexibility index (Phi) is 5.77. The largest absolute Gasteiger partial charge is 0.478 e. The summed E-state index contributed by atoms with van der Waals surface area (Å²) in [5.41, 5.74) is 0.299. The Morgan fingerprint density at radius 1 is 1.20 bits per heavy atom. The van der Waals surface area contributed by atoms with Gasteiger partial charge in [-0.3, -0.25) is 4.79 Å². The van der Waals surface area contributed by atoms with E-state index in [1.807, 2.05) is 5.32 Å². The van der Waals surface area contributed by atoms with E-state index in [0.29, 0.717) is 5.56 Å². The summed E-state index contributed by atoms with van der Waals surface area (Å²) in [6.07, 6.45) is -1.87. The SMILES string of the molecule is O=C(NC(O)C(=O)O)c1ccccc1.[99Tc]. The number of rotatable bonds is 3. The van der Waals surface area contributed by atoms with Crippen LogP contribution in [0.15, 0.2) is 30.3 Å². The first kappa shape index (κ1) is 13.8. The van der Waals surface area contributed by atoms with E-state index in [1.54, 1.807) is 18.2 Å². The summed E-state index contributed by atoms with van der Waals surface area (Å²) in [4.78, 5) is 21.4. The number of aliphatic carboxylic acids is 1. The van der Waals surface area contributed by atoms with Gasteiger partial charge in [-0.25, -0.2) is 4.79 Å². The molecule has 1 rings (SSSR count). The van der Waals surface area contributed by atoms with E-state index in [9.17, 15) is 9.59 Å². The van der Waals surface area contributed by atoms with Gasteiger partial charge in [0.25, 0.3) is 5.91 Å². The van der Waals surface area contributed by atoms with Crippen molar-refractivity contribution in [3.05, 3.63) is 35.9 Å². The van der Waals surface area contributed by atoms with E-state index in [4.69, 9.17) is 10.2 Å². The van der Waals surface area contributed by atoms with Crippen LogP contribution >= 0.6 is 0 Å². The summed E-state index contributed by atoms with van der Waals surface area (Å²) < 4.78 is 0. The molecule has 0 heterocycles. The molecule has 1 aromatic carbocycles. The van der Waals surface area contributed by atoms with Crippen molar-refractivity contribution in [1.29, 1.82) is 0 Å². The molecule has 5 nitrogen and oxygen atoms in total. The van der Waals surface area contributed by atoms with Gasteiger partial charge in [0.05, 0.1) is 0 Å². The maximum atomic E-state index is 11.2. The Morgan fingerprint density at radius 3 is 2.20 bits per heavy atom. The number of carboxylic acid groups (broad SMARTS) is 1. The van der Waals surface area contributed by atoms with Gasteiger partial charge in [0, 0.05) is 25.7 Å². The molecule has 0 aliphatic heterocycles. The minimum absolute atomic E-state index is 0. The molecular weight excluding hydrogens is 285 g/mol. The Labute approximate surface area is 99.5 Å². The second-order valence-electron chi connectivity index (χ2n) is 2.58. The molecule has 6 heteroatoms. The zero-order valence-corrected chi connectivity index (χ0v) is 9.41. The molecule has 0 aliphatic carbocycles. The van der Waals surface area contributed by atoms with Crippen molar-refractivity contribution in [2.24, 2.45) is 0 Å². The zero-order valence-electron chi connectivity index (χ0n) is 7.55. The summed E-state index contributed by atoms with van der Waals surface area (Å²) in [7, 11) is 0. The van der Waals surface area contributed by atoms with Crippen molar-refractivity contribution < 1.29 is 39.9 Å². The van der Waals surface area contributed by atoms with Crippen molar-refractivity contribution in [3.8, 4) is 0 Å². The monoisotopic (exact) mass is 294 g/mol. The third kappa shape index (κ3) is 4.20. The molecule has 0 spiro atoms. The van der Waals surface area contributed by atoms with E-state index in [0.717, 1.165) is 0 Å². The third-order valence-electron chi connectivity index (χ3n) is 1.54. The summed E-state index contributed by atoms with van der Waals surface area (Å²) in [5.74, 6) is -2.12. The van der Waals surface area contributed by atoms with Crippen LogP contribution in [0.1, 0.15) is 10.4 Å². The van der Waals surface area contributed by atoms with Crippen molar-refractivity contribution >= 4 is 11.9 Å². The summed E-state index contributed by atoms with van der Waals surface area (Å²) >= 11 is 0. The van der Waals surface area contributed by atoms with Gasteiger partial charge in [0.2, 0.25) is 6.23 Å². The molecule has 0 bridgehead atoms. The normalized spacial score (nSPS) is 11.0. The number of carboxylic acids is 1. The predicted octanol–water partition coefficient (Wildman–Crippen LogP) is -0.183. The molecule has 0 aromatic heterocycles. The van der Waals surface area contributed by atoms with Gasteiger partial charge in [0.15, 0.2) is 0 Å². The molecule has 1 radical (unpaired) electrons. The summed E-state index contributed by atoms with van der Waals surface area (Å²) in [5, 5.41) is 19.1. The first-order valence-electron chi connectivity index (χ1n) is 3.88. The van der Waals surface area contributed by atoms with Gasteiger partial charge in [-0.2, -0.15) is 0 Å². The maximum Gasteiger partial charge on any atom is 0.353 e. The quantitative estimate of drug-likeness (QED) is 0.675. The fourth-order valence-electron chi connectivity index (χ4n) is 0.859. The number of aliphatic hydroxyl groups excluding tert-OH is 1. The fraction of sp³-hybridized carbons (Fsp3) is 0.111. The smallest absolute Gasteiger partial charge is 0.353 e. The number of hydrogen-bond donors (Lipinski definition) is 3. The van der Waals surface area contributed by atoms with Gasteiger partial charge in [-0.15, -0.1) is 0 Å². The van der Waals surface area contributed by atoms with Gasteiger partial charge < -0.3 is 15.5 Å². The standard InChI is InChI=1S/C9H9NO4.Tc/c11-7(10-8(12)9(13)14)6-4-2-1-3-5-6;/h1-5,8,12H,(H,10,11)(H,13,14);/i;1+1. The molecule has 81 valence electrons. The molecule has 1 amide bonds. The van der Waals surface area contributed by atoms with Gasteiger partial charge in [0.1, 0.15) is 0 Å². The van der Waals surface area contributed by atoms with Crippen LogP contribution in [0.5, 0.6) is 0 Å². The molecule has 0 fully saturated rings. The molecular formula is C9H9NO4Tc. The van der Waals surface area contributed by atoms with Crippen LogP contribution in [-0.4, -0.2) is 28.3 Å². The van der Waals surface area contributed by atoms with Crippen molar-refractivity contribution in [1.82, 2.24) is 5.32 Å². The topological polar surface area (TPSA) is 86.6 Å². The predicted molar refractivity (Wildman–Crippen MR) is 47.6 cm³/mol. The van der Waals surface area contributed by atoms with E-state index in [-0.39, 0.29) is 20.1 Å². The first-order valence-corrected chi connectivity index (χ1v) is 3.88. The summed E-state index contributed by atoms with van der Waals surface area (Å²) in [6.45, 7) is 0. The number of benzene rings is 1. The van der Waals surface area contributed by atoms with E-state index in [2.05, 4.69) is 0 Å². The van der Waals surface area contributed by atoms with Crippen LogP contribution in [0.4, 0.5) is 0 Å². The molecule has 1 aromatic rings. The van der Waals surface area contributed by atoms with Gasteiger partial charge >= 0.3 is 5.97 Å². The van der Waals surface area contributed by atoms with Crippen LogP contribution in [0.25, 0.3) is 0 Å². The number of carbonyl (C=O) groups is 2. The first-order chi connectivity index (χ1) is 6.61. The molecule has 0 saturated heterocycles. The Bertz CT molecular complexity index is 341. The third-order valence-corrected chi connectivity index (χ3v) is 1.54. The molecule has 1 atom stereocenters. The second kappa shape index (κ2) is 6.29. The Balaban J connectivity index is 0.00000196. The second-order valence-corrected chi connectivity index (χ2v) is 2.58.